The van der Waals surface area contributed by atoms with Crippen LogP contribution >= 0.6 is 0 Å². The van der Waals surface area contributed by atoms with Crippen LogP contribution in [0.25, 0.3) is 0 Å². The fraction of sp³-hybridized carbons (Fsp3) is 0.600. The summed E-state index contributed by atoms with van der Waals surface area (Å²) in [5, 5.41) is 13.3. The number of aliphatic hydroxyl groups excluding tert-OH is 1. The number of nitrogens with one attached hydrogen (secondary N) is 1. The van der Waals surface area contributed by atoms with Crippen LogP contribution in [0.5, 0.6) is 5.75 Å². The van der Waals surface area contributed by atoms with Crippen LogP contribution in [-0.4, -0.2) is 30.9 Å². The van der Waals surface area contributed by atoms with Crippen molar-refractivity contribution < 1.29 is 9.84 Å². The molecule has 1 aliphatic rings. The lowest BCUT2D eigenvalue weighted by atomic mass is 9.92. The highest BCUT2D eigenvalue weighted by Crippen LogP contribution is 2.20. The van der Waals surface area contributed by atoms with Gasteiger partial charge in [-0.05, 0) is 37.4 Å². The van der Waals surface area contributed by atoms with Crippen molar-refractivity contribution in [2.45, 2.75) is 44.2 Å². The van der Waals surface area contributed by atoms with Crippen LogP contribution < -0.4 is 10.1 Å². The molecule has 100 valence electrons. The van der Waals surface area contributed by atoms with Crippen LogP contribution in [0.1, 0.15) is 31.2 Å². The standard InChI is InChI=1S/C15H23NO2/c1-18-15-9-5-2-6-12(15)10-11-16-13-7-3-4-8-14(13)17/h2,5-6,9,13-14,16-17H,3-4,7-8,10-11H2,1H3/t13-,14-/m0/s1. The van der Waals surface area contributed by atoms with Gasteiger partial charge in [-0.3, -0.25) is 0 Å². The lowest BCUT2D eigenvalue weighted by Gasteiger charge is -2.28. The second-order valence-electron chi connectivity index (χ2n) is 4.97. The molecule has 0 saturated heterocycles. The van der Waals surface area contributed by atoms with Gasteiger partial charge in [0.15, 0.2) is 0 Å². The Morgan fingerprint density at radius 2 is 2.06 bits per heavy atom. The average Bonchev–Trinajstić information content (AvgIpc) is 2.41. The maximum atomic E-state index is 9.88. The van der Waals surface area contributed by atoms with Gasteiger partial charge in [-0.25, -0.2) is 0 Å². The molecule has 0 aromatic heterocycles. The van der Waals surface area contributed by atoms with Gasteiger partial charge in [-0.1, -0.05) is 31.0 Å². The van der Waals surface area contributed by atoms with E-state index in [1.54, 1.807) is 7.11 Å². The lowest BCUT2D eigenvalue weighted by Crippen LogP contribution is -2.42. The summed E-state index contributed by atoms with van der Waals surface area (Å²) >= 11 is 0. The van der Waals surface area contributed by atoms with Gasteiger partial charge < -0.3 is 15.2 Å². The van der Waals surface area contributed by atoms with Gasteiger partial charge in [0.25, 0.3) is 0 Å². The molecule has 0 unspecified atom stereocenters. The van der Waals surface area contributed by atoms with Crippen molar-refractivity contribution in [3.8, 4) is 5.75 Å². The van der Waals surface area contributed by atoms with E-state index in [1.165, 1.54) is 12.0 Å². The minimum Gasteiger partial charge on any atom is -0.496 e. The molecule has 1 aromatic rings. The third kappa shape index (κ3) is 3.47. The van der Waals surface area contributed by atoms with E-state index in [4.69, 9.17) is 4.74 Å². The monoisotopic (exact) mass is 249 g/mol. The van der Waals surface area contributed by atoms with Crippen LogP contribution in [0.3, 0.4) is 0 Å². The first-order valence-electron chi connectivity index (χ1n) is 6.84. The quantitative estimate of drug-likeness (QED) is 0.840. The minimum atomic E-state index is -0.170. The highest BCUT2D eigenvalue weighted by atomic mass is 16.5. The third-order valence-corrected chi connectivity index (χ3v) is 3.72. The van der Waals surface area contributed by atoms with Crippen molar-refractivity contribution in [3.05, 3.63) is 29.8 Å². The minimum absolute atomic E-state index is 0.170. The lowest BCUT2D eigenvalue weighted by molar-refractivity contribution is 0.0913. The zero-order chi connectivity index (χ0) is 12.8. The fourth-order valence-electron chi connectivity index (χ4n) is 2.65. The van der Waals surface area contributed by atoms with Crippen molar-refractivity contribution in [1.82, 2.24) is 5.32 Å². The molecule has 18 heavy (non-hydrogen) atoms. The molecule has 3 heteroatoms. The second kappa shape index (κ2) is 6.76. The van der Waals surface area contributed by atoms with Gasteiger partial charge in [0.1, 0.15) is 5.75 Å². The summed E-state index contributed by atoms with van der Waals surface area (Å²) in [5.74, 6) is 0.948. The molecule has 2 atom stereocenters. The molecule has 1 aliphatic carbocycles. The summed E-state index contributed by atoms with van der Waals surface area (Å²) in [7, 11) is 1.71. The predicted octanol–water partition coefficient (Wildman–Crippen LogP) is 2.13. The van der Waals surface area contributed by atoms with Crippen molar-refractivity contribution in [2.24, 2.45) is 0 Å². The first-order valence-corrected chi connectivity index (χ1v) is 6.84. The number of rotatable bonds is 5. The van der Waals surface area contributed by atoms with Gasteiger partial charge in [-0.15, -0.1) is 0 Å². The molecular formula is C15H23NO2. The summed E-state index contributed by atoms with van der Waals surface area (Å²) in [5.41, 5.74) is 1.22. The normalized spacial score (nSPS) is 23.9. The number of benzene rings is 1. The summed E-state index contributed by atoms with van der Waals surface area (Å²) in [6.07, 6.45) is 5.18. The van der Waals surface area contributed by atoms with Gasteiger partial charge in [0, 0.05) is 6.04 Å². The Hall–Kier alpha value is -1.06. The fourth-order valence-corrected chi connectivity index (χ4v) is 2.65. The Balaban J connectivity index is 1.80. The van der Waals surface area contributed by atoms with Crippen LogP contribution in [0.2, 0.25) is 0 Å². The molecule has 0 aliphatic heterocycles. The van der Waals surface area contributed by atoms with E-state index in [9.17, 15) is 5.11 Å². The van der Waals surface area contributed by atoms with E-state index in [0.717, 1.165) is 38.0 Å². The summed E-state index contributed by atoms with van der Waals surface area (Å²) in [6.45, 7) is 0.891. The molecule has 0 bridgehead atoms. The summed E-state index contributed by atoms with van der Waals surface area (Å²) < 4.78 is 5.33. The SMILES string of the molecule is COc1ccccc1CCN[C@H]1CCCC[C@@H]1O. The summed E-state index contributed by atoms with van der Waals surface area (Å²) in [4.78, 5) is 0. The highest BCUT2D eigenvalue weighted by molar-refractivity contribution is 5.33. The topological polar surface area (TPSA) is 41.5 Å². The van der Waals surface area contributed by atoms with E-state index in [0.29, 0.717) is 0 Å². The van der Waals surface area contributed by atoms with Crippen LogP contribution in [-0.2, 0) is 6.42 Å². The zero-order valence-corrected chi connectivity index (χ0v) is 11.1. The second-order valence-corrected chi connectivity index (χ2v) is 4.97. The number of hydrogen-bond donors (Lipinski definition) is 2. The number of para-hydroxylation sites is 1. The van der Waals surface area contributed by atoms with Crippen molar-refractivity contribution >= 4 is 0 Å². The zero-order valence-electron chi connectivity index (χ0n) is 11.1. The van der Waals surface area contributed by atoms with Crippen LogP contribution in [0.4, 0.5) is 0 Å². The maximum Gasteiger partial charge on any atom is 0.122 e. The first-order chi connectivity index (χ1) is 8.81. The van der Waals surface area contributed by atoms with E-state index in [1.807, 2.05) is 18.2 Å². The molecule has 0 radical (unpaired) electrons. The Morgan fingerprint density at radius 1 is 1.28 bits per heavy atom. The van der Waals surface area contributed by atoms with Gasteiger partial charge >= 0.3 is 0 Å². The van der Waals surface area contributed by atoms with Gasteiger partial charge in [0.05, 0.1) is 13.2 Å². The number of methoxy groups -OCH3 is 1. The largest absolute Gasteiger partial charge is 0.496 e. The van der Waals surface area contributed by atoms with E-state index >= 15 is 0 Å². The van der Waals surface area contributed by atoms with Crippen molar-refractivity contribution in [3.63, 3.8) is 0 Å². The average molecular weight is 249 g/mol. The Labute approximate surface area is 109 Å². The predicted molar refractivity (Wildman–Crippen MR) is 73.0 cm³/mol. The molecule has 0 spiro atoms. The van der Waals surface area contributed by atoms with Crippen LogP contribution in [0, 0.1) is 0 Å². The van der Waals surface area contributed by atoms with Crippen molar-refractivity contribution in [2.75, 3.05) is 13.7 Å². The van der Waals surface area contributed by atoms with Crippen LogP contribution in [0.15, 0.2) is 24.3 Å². The summed E-state index contributed by atoms with van der Waals surface area (Å²) in [6, 6.07) is 8.38. The molecule has 2 N–H and O–H groups in total. The van der Waals surface area contributed by atoms with Gasteiger partial charge in [0.2, 0.25) is 0 Å². The van der Waals surface area contributed by atoms with Gasteiger partial charge in [-0.2, -0.15) is 0 Å². The third-order valence-electron chi connectivity index (χ3n) is 3.72. The molecule has 1 fully saturated rings. The molecular weight excluding hydrogens is 226 g/mol. The molecule has 3 nitrogen and oxygen atoms in total. The maximum absolute atomic E-state index is 9.88. The molecule has 1 saturated carbocycles. The number of ether oxygens (including phenoxy) is 1. The van der Waals surface area contributed by atoms with E-state index in [2.05, 4.69) is 11.4 Å². The molecule has 1 aromatic carbocycles. The Morgan fingerprint density at radius 3 is 2.83 bits per heavy atom. The number of hydrogen-bond acceptors (Lipinski definition) is 3. The Bertz CT molecular complexity index is 367. The van der Waals surface area contributed by atoms with E-state index in [-0.39, 0.29) is 12.1 Å². The van der Waals surface area contributed by atoms with E-state index < -0.39 is 0 Å². The first kappa shape index (κ1) is 13.4. The highest BCUT2D eigenvalue weighted by Gasteiger charge is 2.21. The molecule has 2 rings (SSSR count). The smallest absolute Gasteiger partial charge is 0.122 e. The Kier molecular flexibility index (Phi) is 5.02. The number of aliphatic hydroxyl groups is 1. The molecule has 0 amide bonds. The molecule has 0 heterocycles. The van der Waals surface area contributed by atoms with Crippen molar-refractivity contribution in [1.29, 1.82) is 0 Å².